The van der Waals surface area contributed by atoms with Crippen LogP contribution in [0.25, 0.3) is 0 Å². The molecule has 0 atom stereocenters. The van der Waals surface area contributed by atoms with E-state index in [1.165, 1.54) is 35.9 Å². The van der Waals surface area contributed by atoms with Gasteiger partial charge in [0.05, 0.1) is 5.01 Å². The molecule has 0 aliphatic rings. The Morgan fingerprint density at radius 1 is 1.38 bits per heavy atom. The number of carbonyl (C=O) groups excluding carboxylic acids is 1. The van der Waals surface area contributed by atoms with Gasteiger partial charge in [0.15, 0.2) is 5.69 Å². The first-order valence-corrected chi connectivity index (χ1v) is 6.85. The summed E-state index contributed by atoms with van der Waals surface area (Å²) >= 11 is 1.23. The normalized spacial score (nSPS) is 10.3. The number of rotatable bonds is 5. The number of aryl methyl sites for hydroxylation is 1. The summed E-state index contributed by atoms with van der Waals surface area (Å²) in [5.41, 5.74) is -0.154. The number of aromatic carboxylic acids is 1. The minimum absolute atomic E-state index is 0.000975. The molecular formula is C12H12N4O4S. The molecule has 0 saturated carbocycles. The first-order chi connectivity index (χ1) is 9.97. The zero-order chi connectivity index (χ0) is 15.4. The Labute approximate surface area is 123 Å². The molecule has 0 radical (unpaired) electrons. The third kappa shape index (κ3) is 3.72. The zero-order valence-electron chi connectivity index (χ0n) is 11.1. The van der Waals surface area contributed by atoms with E-state index >= 15 is 0 Å². The van der Waals surface area contributed by atoms with E-state index in [9.17, 15) is 14.4 Å². The molecule has 0 bridgehead atoms. The van der Waals surface area contributed by atoms with Crippen LogP contribution in [-0.4, -0.2) is 38.3 Å². The first kappa shape index (κ1) is 14.9. The fraction of sp³-hybridized carbons (Fsp3) is 0.250. The van der Waals surface area contributed by atoms with Gasteiger partial charge in [0.25, 0.3) is 11.5 Å². The Balaban J connectivity index is 1.90. The van der Waals surface area contributed by atoms with E-state index in [1.54, 1.807) is 0 Å². The van der Waals surface area contributed by atoms with E-state index in [2.05, 4.69) is 15.4 Å². The Morgan fingerprint density at radius 2 is 2.14 bits per heavy atom. The average Bonchev–Trinajstić information content (AvgIpc) is 2.91. The second kappa shape index (κ2) is 6.27. The summed E-state index contributed by atoms with van der Waals surface area (Å²) < 4.78 is 1.08. The van der Waals surface area contributed by atoms with E-state index in [1.807, 2.05) is 0 Å². The number of amides is 1. The number of hydrogen-bond acceptors (Lipinski definition) is 6. The lowest BCUT2D eigenvalue weighted by Crippen LogP contribution is -2.29. The summed E-state index contributed by atoms with van der Waals surface area (Å²) in [5.74, 6) is -1.48. The lowest BCUT2D eigenvalue weighted by molar-refractivity contribution is 0.0690. The second-order valence-corrected chi connectivity index (χ2v) is 5.06. The van der Waals surface area contributed by atoms with Crippen molar-refractivity contribution in [3.05, 3.63) is 44.3 Å². The lowest BCUT2D eigenvalue weighted by Gasteiger charge is -2.04. The fourth-order valence-electron chi connectivity index (χ4n) is 1.52. The quantitative estimate of drug-likeness (QED) is 0.797. The molecule has 2 aromatic rings. The summed E-state index contributed by atoms with van der Waals surface area (Å²) in [7, 11) is 1.46. The molecule has 2 N–H and O–H groups in total. The van der Waals surface area contributed by atoms with Gasteiger partial charge in [0.2, 0.25) is 0 Å². The third-order valence-electron chi connectivity index (χ3n) is 2.59. The van der Waals surface area contributed by atoms with Crippen molar-refractivity contribution in [1.29, 1.82) is 0 Å². The lowest BCUT2D eigenvalue weighted by atomic mass is 10.3. The molecule has 8 nitrogen and oxygen atoms in total. The maximum absolute atomic E-state index is 11.8. The molecule has 2 aromatic heterocycles. The van der Waals surface area contributed by atoms with Crippen LogP contribution in [0.4, 0.5) is 0 Å². The minimum atomic E-state index is -1.07. The molecule has 2 heterocycles. The molecule has 21 heavy (non-hydrogen) atoms. The van der Waals surface area contributed by atoms with Crippen LogP contribution in [0.2, 0.25) is 0 Å². The molecule has 0 aromatic carbocycles. The van der Waals surface area contributed by atoms with E-state index < -0.39 is 11.9 Å². The highest BCUT2D eigenvalue weighted by Crippen LogP contribution is 2.09. The van der Waals surface area contributed by atoms with Crippen molar-refractivity contribution in [3.63, 3.8) is 0 Å². The monoisotopic (exact) mass is 308 g/mol. The van der Waals surface area contributed by atoms with Gasteiger partial charge in [0.1, 0.15) is 5.69 Å². The standard InChI is InChI=1S/C12H12N4O4S/c1-16-10(17)3-2-7(15-16)11(18)13-5-4-9-14-8(6-21-9)12(19)20/h2-3,6H,4-5H2,1H3,(H,13,18)(H,19,20). The van der Waals surface area contributed by atoms with E-state index in [-0.39, 0.29) is 16.9 Å². The van der Waals surface area contributed by atoms with E-state index in [4.69, 9.17) is 5.11 Å². The van der Waals surface area contributed by atoms with E-state index in [0.29, 0.717) is 18.0 Å². The molecule has 0 aliphatic carbocycles. The molecule has 110 valence electrons. The van der Waals surface area contributed by atoms with Crippen molar-refractivity contribution in [2.75, 3.05) is 6.54 Å². The molecular weight excluding hydrogens is 296 g/mol. The Bertz CT molecular complexity index is 737. The van der Waals surface area contributed by atoms with Crippen LogP contribution in [0.1, 0.15) is 26.0 Å². The van der Waals surface area contributed by atoms with Gasteiger partial charge < -0.3 is 10.4 Å². The predicted molar refractivity (Wildman–Crippen MR) is 74.6 cm³/mol. The first-order valence-electron chi connectivity index (χ1n) is 5.97. The highest BCUT2D eigenvalue weighted by atomic mass is 32.1. The van der Waals surface area contributed by atoms with Gasteiger partial charge in [-0.3, -0.25) is 9.59 Å². The van der Waals surface area contributed by atoms with Crippen LogP contribution >= 0.6 is 11.3 Å². The number of thiazole rings is 1. The smallest absolute Gasteiger partial charge is 0.355 e. The summed E-state index contributed by atoms with van der Waals surface area (Å²) in [6, 6.07) is 2.62. The molecule has 0 saturated heterocycles. The van der Waals surface area contributed by atoms with Gasteiger partial charge in [-0.2, -0.15) is 5.10 Å². The molecule has 1 amide bonds. The van der Waals surface area contributed by atoms with E-state index in [0.717, 1.165) is 4.68 Å². The number of carbonyl (C=O) groups is 2. The SMILES string of the molecule is Cn1nc(C(=O)NCCc2nc(C(=O)O)cs2)ccc1=O. The summed E-state index contributed by atoms with van der Waals surface area (Å²) in [6.45, 7) is 0.302. The molecule has 9 heteroatoms. The predicted octanol–water partition coefficient (Wildman–Crippen LogP) is -0.0925. The maximum Gasteiger partial charge on any atom is 0.355 e. The summed E-state index contributed by atoms with van der Waals surface area (Å²) in [6.07, 6.45) is 0.426. The minimum Gasteiger partial charge on any atom is -0.476 e. The average molecular weight is 308 g/mol. The van der Waals surface area contributed by atoms with Gasteiger partial charge in [-0.05, 0) is 6.07 Å². The highest BCUT2D eigenvalue weighted by molar-refractivity contribution is 7.09. The molecule has 0 unspecified atom stereocenters. The highest BCUT2D eigenvalue weighted by Gasteiger charge is 2.10. The molecule has 0 fully saturated rings. The number of carboxylic acid groups (broad SMARTS) is 1. The number of nitrogens with zero attached hydrogens (tertiary/aromatic N) is 3. The molecule has 0 aliphatic heterocycles. The van der Waals surface area contributed by atoms with Crippen molar-refractivity contribution in [2.45, 2.75) is 6.42 Å². The number of hydrogen-bond donors (Lipinski definition) is 2. The largest absolute Gasteiger partial charge is 0.476 e. The number of aromatic nitrogens is 3. The zero-order valence-corrected chi connectivity index (χ0v) is 11.9. The maximum atomic E-state index is 11.8. The summed E-state index contributed by atoms with van der Waals surface area (Å²) in [4.78, 5) is 37.6. The third-order valence-corrected chi connectivity index (χ3v) is 3.50. The fourth-order valence-corrected chi connectivity index (χ4v) is 2.29. The molecule has 2 rings (SSSR count). The van der Waals surface area contributed by atoms with Gasteiger partial charge in [0, 0.05) is 31.5 Å². The second-order valence-electron chi connectivity index (χ2n) is 4.12. The van der Waals surface area contributed by atoms with Crippen LogP contribution in [0, 0.1) is 0 Å². The van der Waals surface area contributed by atoms with Gasteiger partial charge in [-0.15, -0.1) is 11.3 Å². The van der Waals surface area contributed by atoms with Crippen molar-refractivity contribution in [3.8, 4) is 0 Å². The number of nitrogens with one attached hydrogen (secondary N) is 1. The van der Waals surface area contributed by atoms with Crippen molar-refractivity contribution >= 4 is 23.2 Å². The van der Waals surface area contributed by atoms with Gasteiger partial charge >= 0.3 is 5.97 Å². The van der Waals surface area contributed by atoms with Gasteiger partial charge in [-0.1, -0.05) is 0 Å². The molecule has 0 spiro atoms. The Morgan fingerprint density at radius 3 is 2.76 bits per heavy atom. The topological polar surface area (TPSA) is 114 Å². The van der Waals surface area contributed by atoms with Crippen LogP contribution in [0.5, 0.6) is 0 Å². The van der Waals surface area contributed by atoms with Crippen LogP contribution in [0.15, 0.2) is 22.3 Å². The van der Waals surface area contributed by atoms with Crippen molar-refractivity contribution in [2.24, 2.45) is 7.05 Å². The van der Waals surface area contributed by atoms with Crippen LogP contribution in [-0.2, 0) is 13.5 Å². The summed E-state index contributed by atoms with van der Waals surface area (Å²) in [5, 5.41) is 17.3. The number of carboxylic acids is 1. The van der Waals surface area contributed by atoms with Crippen LogP contribution in [0.3, 0.4) is 0 Å². The van der Waals surface area contributed by atoms with Crippen LogP contribution < -0.4 is 10.9 Å². The Kier molecular flexibility index (Phi) is 4.43. The van der Waals surface area contributed by atoms with Crippen molar-refractivity contribution in [1.82, 2.24) is 20.1 Å². The van der Waals surface area contributed by atoms with Gasteiger partial charge in [-0.25, -0.2) is 14.5 Å². The Hall–Kier alpha value is -2.55. The van der Waals surface area contributed by atoms with Crippen molar-refractivity contribution < 1.29 is 14.7 Å².